The Labute approximate surface area is 94.2 Å². The summed E-state index contributed by atoms with van der Waals surface area (Å²) in [4.78, 5) is 31.2. The Morgan fingerprint density at radius 3 is 2.56 bits per heavy atom. The molecule has 0 bridgehead atoms. The lowest BCUT2D eigenvalue weighted by Crippen LogP contribution is -2.01. The van der Waals surface area contributed by atoms with Crippen LogP contribution in [0.25, 0.3) is 0 Å². The topological polar surface area (TPSA) is 101 Å². The number of hydrogen-bond acceptors (Lipinski definition) is 5. The van der Waals surface area contributed by atoms with Crippen LogP contribution in [-0.2, 0) is 0 Å². The molecular formula is C9H3ClN2O4. The highest BCUT2D eigenvalue weighted by molar-refractivity contribution is 6.68. The van der Waals surface area contributed by atoms with E-state index in [2.05, 4.69) is 0 Å². The smallest absolute Gasteiger partial charge is 0.281 e. The zero-order valence-corrected chi connectivity index (χ0v) is 8.39. The molecule has 6 nitrogen and oxygen atoms in total. The summed E-state index contributed by atoms with van der Waals surface area (Å²) in [5.74, 6) is 0. The lowest BCUT2D eigenvalue weighted by molar-refractivity contribution is -0.385. The van der Waals surface area contributed by atoms with E-state index in [1.54, 1.807) is 6.07 Å². The molecule has 0 fully saturated rings. The highest BCUT2D eigenvalue weighted by Crippen LogP contribution is 2.23. The average molecular weight is 239 g/mol. The van der Waals surface area contributed by atoms with Gasteiger partial charge in [0.25, 0.3) is 10.9 Å². The first-order valence-corrected chi connectivity index (χ1v) is 4.26. The number of nitrogens with zero attached hydrogens (tertiary/aromatic N) is 2. The van der Waals surface area contributed by atoms with Gasteiger partial charge in [-0.1, -0.05) is 0 Å². The molecule has 0 N–H and O–H groups in total. The van der Waals surface area contributed by atoms with Gasteiger partial charge in [-0.25, -0.2) is 0 Å². The second-order valence-corrected chi connectivity index (χ2v) is 3.06. The van der Waals surface area contributed by atoms with Crippen LogP contribution in [0.4, 0.5) is 5.69 Å². The fourth-order valence-electron chi connectivity index (χ4n) is 1.11. The lowest BCUT2D eigenvalue weighted by Gasteiger charge is -2.00. The van der Waals surface area contributed by atoms with E-state index in [0.29, 0.717) is 0 Å². The molecule has 0 aliphatic heterocycles. The standard InChI is InChI=1S/C9H3ClN2O4/c10-9(14)7-1-6(4-13)8(12(15)16)2-5(7)3-11/h1-2,4H. The molecule has 0 spiro atoms. The molecule has 1 rings (SSSR count). The largest absolute Gasteiger partial charge is 0.298 e. The summed E-state index contributed by atoms with van der Waals surface area (Å²) >= 11 is 5.17. The number of benzene rings is 1. The molecule has 0 radical (unpaired) electrons. The van der Waals surface area contributed by atoms with Gasteiger partial charge < -0.3 is 0 Å². The van der Waals surface area contributed by atoms with Crippen molar-refractivity contribution < 1.29 is 14.5 Å². The van der Waals surface area contributed by atoms with Crippen LogP contribution in [0.15, 0.2) is 12.1 Å². The summed E-state index contributed by atoms with van der Waals surface area (Å²) < 4.78 is 0. The number of nitro benzene ring substituents is 1. The van der Waals surface area contributed by atoms with Gasteiger partial charge in [0, 0.05) is 6.07 Å². The number of carbonyl (C=O) groups excluding carboxylic acids is 2. The van der Waals surface area contributed by atoms with E-state index in [4.69, 9.17) is 16.9 Å². The van der Waals surface area contributed by atoms with Crippen LogP contribution in [0.3, 0.4) is 0 Å². The second-order valence-electron chi connectivity index (χ2n) is 2.72. The Morgan fingerprint density at radius 2 is 2.19 bits per heavy atom. The summed E-state index contributed by atoms with van der Waals surface area (Å²) in [7, 11) is 0. The number of nitro groups is 1. The molecule has 1 aromatic rings. The molecule has 0 unspecified atom stereocenters. The predicted molar refractivity (Wildman–Crippen MR) is 53.4 cm³/mol. The van der Waals surface area contributed by atoms with Gasteiger partial charge >= 0.3 is 0 Å². The summed E-state index contributed by atoms with van der Waals surface area (Å²) in [6.07, 6.45) is 0.225. The van der Waals surface area contributed by atoms with Crippen LogP contribution in [0.1, 0.15) is 26.3 Å². The number of nitriles is 1. The van der Waals surface area contributed by atoms with E-state index in [0.717, 1.165) is 12.1 Å². The summed E-state index contributed by atoms with van der Waals surface area (Å²) in [5, 5.41) is 18.3. The van der Waals surface area contributed by atoms with Crippen molar-refractivity contribution in [2.24, 2.45) is 0 Å². The highest BCUT2D eigenvalue weighted by Gasteiger charge is 2.20. The summed E-state index contributed by atoms with van der Waals surface area (Å²) in [5.41, 5.74) is -1.30. The summed E-state index contributed by atoms with van der Waals surface area (Å²) in [6.45, 7) is 0. The Morgan fingerprint density at radius 1 is 1.56 bits per heavy atom. The zero-order valence-electron chi connectivity index (χ0n) is 7.64. The molecule has 0 heterocycles. The van der Waals surface area contributed by atoms with Crippen LogP contribution in [0, 0.1) is 21.4 Å². The normalized spacial score (nSPS) is 9.25. The minimum atomic E-state index is -0.949. The molecular weight excluding hydrogens is 236 g/mol. The van der Waals surface area contributed by atoms with Crippen LogP contribution >= 0.6 is 11.6 Å². The monoisotopic (exact) mass is 238 g/mol. The maximum absolute atomic E-state index is 10.9. The molecule has 16 heavy (non-hydrogen) atoms. The Bertz CT molecular complexity index is 533. The van der Waals surface area contributed by atoms with Gasteiger partial charge in [-0.2, -0.15) is 5.26 Å². The van der Waals surface area contributed by atoms with Crippen molar-refractivity contribution >= 4 is 28.8 Å². The van der Waals surface area contributed by atoms with Crippen LogP contribution in [-0.4, -0.2) is 16.5 Å². The van der Waals surface area contributed by atoms with Gasteiger partial charge in [-0.05, 0) is 17.7 Å². The molecule has 0 aliphatic rings. The Balaban J connectivity index is 3.60. The fraction of sp³-hybridized carbons (Fsp3) is 0. The van der Waals surface area contributed by atoms with E-state index in [1.807, 2.05) is 0 Å². The minimum Gasteiger partial charge on any atom is -0.298 e. The molecule has 0 saturated heterocycles. The first-order valence-electron chi connectivity index (χ1n) is 3.88. The number of halogens is 1. The second kappa shape index (κ2) is 4.51. The maximum atomic E-state index is 10.9. The Hall–Kier alpha value is -2.26. The minimum absolute atomic E-state index is 0.225. The third-order valence-corrected chi connectivity index (χ3v) is 2.03. The van der Waals surface area contributed by atoms with Crippen molar-refractivity contribution in [1.29, 1.82) is 5.26 Å². The van der Waals surface area contributed by atoms with Crippen LogP contribution < -0.4 is 0 Å². The molecule has 1 aromatic carbocycles. The maximum Gasteiger partial charge on any atom is 0.281 e. The number of aldehydes is 1. The number of rotatable bonds is 3. The van der Waals surface area contributed by atoms with Crippen molar-refractivity contribution in [3.63, 3.8) is 0 Å². The van der Waals surface area contributed by atoms with Gasteiger partial charge in [0.15, 0.2) is 6.29 Å². The molecule has 0 saturated carbocycles. The van der Waals surface area contributed by atoms with Gasteiger partial charge in [0.05, 0.1) is 21.6 Å². The molecule has 80 valence electrons. The summed E-state index contributed by atoms with van der Waals surface area (Å²) in [6, 6.07) is 3.37. The molecule has 0 aliphatic carbocycles. The van der Waals surface area contributed by atoms with Gasteiger partial charge in [0.1, 0.15) is 6.07 Å². The van der Waals surface area contributed by atoms with Crippen molar-refractivity contribution in [3.05, 3.63) is 38.9 Å². The Kier molecular flexibility index (Phi) is 3.33. The quantitative estimate of drug-likeness (QED) is 0.345. The SMILES string of the molecule is N#Cc1cc([N+](=O)[O-])c(C=O)cc1C(=O)Cl. The van der Waals surface area contributed by atoms with E-state index in [1.165, 1.54) is 0 Å². The molecule has 7 heteroatoms. The van der Waals surface area contributed by atoms with Crippen molar-refractivity contribution in [2.75, 3.05) is 0 Å². The van der Waals surface area contributed by atoms with Crippen LogP contribution in [0.5, 0.6) is 0 Å². The molecule has 0 amide bonds. The molecule has 0 atom stereocenters. The third kappa shape index (κ3) is 2.04. The van der Waals surface area contributed by atoms with Crippen molar-refractivity contribution in [1.82, 2.24) is 0 Å². The van der Waals surface area contributed by atoms with E-state index >= 15 is 0 Å². The number of carbonyl (C=O) groups is 2. The zero-order chi connectivity index (χ0) is 12.3. The molecule has 0 aromatic heterocycles. The van der Waals surface area contributed by atoms with Crippen molar-refractivity contribution in [3.8, 4) is 6.07 Å². The fourth-order valence-corrected chi connectivity index (χ4v) is 1.27. The average Bonchev–Trinajstić information content (AvgIpc) is 2.26. The van der Waals surface area contributed by atoms with Gasteiger partial charge in [0.2, 0.25) is 0 Å². The lowest BCUT2D eigenvalue weighted by atomic mass is 10.0. The van der Waals surface area contributed by atoms with Gasteiger partial charge in [-0.3, -0.25) is 19.7 Å². The highest BCUT2D eigenvalue weighted by atomic mass is 35.5. The first kappa shape index (κ1) is 11.8. The van der Waals surface area contributed by atoms with E-state index < -0.39 is 15.9 Å². The first-order chi connectivity index (χ1) is 7.51. The van der Waals surface area contributed by atoms with Gasteiger partial charge in [-0.15, -0.1) is 0 Å². The number of hydrogen-bond donors (Lipinski definition) is 0. The predicted octanol–water partition coefficient (Wildman–Crippen LogP) is 1.66. The van der Waals surface area contributed by atoms with Crippen LogP contribution in [0.2, 0.25) is 0 Å². The third-order valence-electron chi connectivity index (χ3n) is 1.82. The van der Waals surface area contributed by atoms with Crippen molar-refractivity contribution in [2.45, 2.75) is 0 Å². The van der Waals surface area contributed by atoms with E-state index in [-0.39, 0.29) is 23.0 Å². The van der Waals surface area contributed by atoms with E-state index in [9.17, 15) is 19.7 Å².